The third kappa shape index (κ3) is 2.96. The molecule has 2 atom stereocenters. The molecule has 1 aliphatic carbocycles. The molecule has 1 aromatic rings. The molecule has 110 valence electrons. The summed E-state index contributed by atoms with van der Waals surface area (Å²) in [5.74, 6) is 0.385. The van der Waals surface area contributed by atoms with Gasteiger partial charge in [-0.3, -0.25) is 4.79 Å². The van der Waals surface area contributed by atoms with E-state index in [2.05, 4.69) is 12.2 Å². The lowest BCUT2D eigenvalue weighted by molar-refractivity contribution is 0.0696. The maximum atomic E-state index is 12.5. The number of rotatable bonds is 3. The molecule has 1 amide bonds. The highest BCUT2D eigenvalue weighted by Gasteiger charge is 2.36. The smallest absolute Gasteiger partial charge is 0.252 e. The molecule has 0 saturated heterocycles. The second kappa shape index (κ2) is 5.83. The van der Waals surface area contributed by atoms with Crippen LogP contribution in [0.25, 0.3) is 0 Å². The number of carbonyl (C=O) groups excluding carboxylic acids is 1. The minimum atomic E-state index is -0.480. The summed E-state index contributed by atoms with van der Waals surface area (Å²) in [6, 6.07) is 5.35. The SMILES string of the molecule is Cc1c(N)cccc1C(=O)NC1(CO)CCCC(C)C1. The van der Waals surface area contributed by atoms with E-state index in [9.17, 15) is 9.90 Å². The van der Waals surface area contributed by atoms with Crippen LogP contribution in [0.2, 0.25) is 0 Å². The predicted molar refractivity (Wildman–Crippen MR) is 80.5 cm³/mol. The summed E-state index contributed by atoms with van der Waals surface area (Å²) < 4.78 is 0. The molecular formula is C16H24N2O2. The lowest BCUT2D eigenvalue weighted by atomic mass is 9.76. The monoisotopic (exact) mass is 276 g/mol. The molecule has 2 unspecified atom stereocenters. The number of aliphatic hydroxyl groups excluding tert-OH is 1. The van der Waals surface area contributed by atoms with Crippen molar-refractivity contribution in [3.8, 4) is 0 Å². The van der Waals surface area contributed by atoms with Crippen molar-refractivity contribution in [2.75, 3.05) is 12.3 Å². The molecule has 0 aliphatic heterocycles. The molecule has 4 N–H and O–H groups in total. The van der Waals surface area contributed by atoms with E-state index in [1.165, 1.54) is 0 Å². The number of nitrogens with one attached hydrogen (secondary N) is 1. The zero-order valence-corrected chi connectivity index (χ0v) is 12.3. The van der Waals surface area contributed by atoms with Crippen LogP contribution in [0, 0.1) is 12.8 Å². The number of nitrogens with two attached hydrogens (primary N) is 1. The van der Waals surface area contributed by atoms with Crippen LogP contribution in [0.1, 0.15) is 48.5 Å². The summed E-state index contributed by atoms with van der Waals surface area (Å²) in [5, 5.41) is 12.8. The Morgan fingerprint density at radius 3 is 2.95 bits per heavy atom. The molecule has 2 rings (SSSR count). The van der Waals surface area contributed by atoms with Crippen LogP contribution in [-0.2, 0) is 0 Å². The average Bonchev–Trinajstić information content (AvgIpc) is 2.41. The van der Waals surface area contributed by atoms with Gasteiger partial charge in [0, 0.05) is 11.3 Å². The Morgan fingerprint density at radius 2 is 2.30 bits per heavy atom. The van der Waals surface area contributed by atoms with Gasteiger partial charge in [0.25, 0.3) is 5.91 Å². The van der Waals surface area contributed by atoms with Crippen LogP contribution >= 0.6 is 0 Å². The first-order chi connectivity index (χ1) is 9.47. The summed E-state index contributed by atoms with van der Waals surface area (Å²) in [7, 11) is 0. The van der Waals surface area contributed by atoms with Crippen LogP contribution < -0.4 is 11.1 Å². The Labute approximate surface area is 120 Å². The van der Waals surface area contributed by atoms with Gasteiger partial charge in [-0.2, -0.15) is 0 Å². The quantitative estimate of drug-likeness (QED) is 0.741. The van der Waals surface area contributed by atoms with Gasteiger partial charge in [0.1, 0.15) is 0 Å². The van der Waals surface area contributed by atoms with E-state index in [1.807, 2.05) is 6.92 Å². The summed E-state index contributed by atoms with van der Waals surface area (Å²) in [4.78, 5) is 12.5. The van der Waals surface area contributed by atoms with Crippen molar-refractivity contribution >= 4 is 11.6 Å². The van der Waals surface area contributed by atoms with Gasteiger partial charge in [-0.25, -0.2) is 0 Å². The molecule has 0 aromatic heterocycles. The van der Waals surface area contributed by atoms with E-state index in [0.717, 1.165) is 31.2 Å². The summed E-state index contributed by atoms with van der Waals surface area (Å²) in [5.41, 5.74) is 7.37. The van der Waals surface area contributed by atoms with E-state index in [-0.39, 0.29) is 12.5 Å². The maximum absolute atomic E-state index is 12.5. The molecule has 1 saturated carbocycles. The van der Waals surface area contributed by atoms with Crippen LogP contribution in [-0.4, -0.2) is 23.2 Å². The normalized spacial score (nSPS) is 26.2. The van der Waals surface area contributed by atoms with Crippen LogP contribution in [0.4, 0.5) is 5.69 Å². The van der Waals surface area contributed by atoms with Gasteiger partial charge in [0.15, 0.2) is 0 Å². The molecule has 0 heterocycles. The summed E-state index contributed by atoms with van der Waals surface area (Å²) >= 11 is 0. The Bertz CT molecular complexity index is 501. The number of aliphatic hydroxyl groups is 1. The molecule has 1 fully saturated rings. The fraction of sp³-hybridized carbons (Fsp3) is 0.562. The fourth-order valence-electron chi connectivity index (χ4n) is 3.16. The summed E-state index contributed by atoms with van der Waals surface area (Å²) in [6.45, 7) is 4.01. The molecule has 4 nitrogen and oxygen atoms in total. The first kappa shape index (κ1) is 14.9. The standard InChI is InChI=1S/C16H24N2O2/c1-11-5-4-8-16(9-11,10-19)18-15(20)13-6-3-7-14(17)12(13)2/h3,6-7,11,19H,4-5,8-10,17H2,1-2H3,(H,18,20). The van der Waals surface area contributed by atoms with Crippen molar-refractivity contribution in [1.29, 1.82) is 0 Å². The Hall–Kier alpha value is -1.55. The Balaban J connectivity index is 2.19. The summed E-state index contributed by atoms with van der Waals surface area (Å²) in [6.07, 6.45) is 3.87. The third-order valence-electron chi connectivity index (χ3n) is 4.39. The number of amides is 1. The lowest BCUT2D eigenvalue weighted by Crippen LogP contribution is -2.54. The largest absolute Gasteiger partial charge is 0.398 e. The van der Waals surface area contributed by atoms with Gasteiger partial charge >= 0.3 is 0 Å². The second-order valence-electron chi connectivity index (χ2n) is 6.11. The number of carbonyl (C=O) groups is 1. The maximum Gasteiger partial charge on any atom is 0.252 e. The van der Waals surface area contributed by atoms with Crippen molar-refractivity contribution in [3.63, 3.8) is 0 Å². The number of hydrogen-bond acceptors (Lipinski definition) is 3. The molecule has 0 radical (unpaired) electrons. The third-order valence-corrected chi connectivity index (χ3v) is 4.39. The molecule has 1 aromatic carbocycles. The molecule has 4 heteroatoms. The Kier molecular flexibility index (Phi) is 4.33. The van der Waals surface area contributed by atoms with Crippen LogP contribution in [0.3, 0.4) is 0 Å². The van der Waals surface area contributed by atoms with Gasteiger partial charge in [-0.15, -0.1) is 0 Å². The second-order valence-corrected chi connectivity index (χ2v) is 6.11. The fourth-order valence-corrected chi connectivity index (χ4v) is 3.16. The lowest BCUT2D eigenvalue weighted by Gasteiger charge is -2.39. The first-order valence-corrected chi connectivity index (χ1v) is 7.26. The van der Waals surface area contributed by atoms with Crippen molar-refractivity contribution in [1.82, 2.24) is 5.32 Å². The minimum absolute atomic E-state index is 0.00948. The van der Waals surface area contributed by atoms with Gasteiger partial charge in [-0.1, -0.05) is 25.8 Å². The van der Waals surface area contributed by atoms with Gasteiger partial charge in [-0.05, 0) is 43.4 Å². The topological polar surface area (TPSA) is 75.4 Å². The number of hydrogen-bond donors (Lipinski definition) is 3. The minimum Gasteiger partial charge on any atom is -0.398 e. The van der Waals surface area contributed by atoms with E-state index in [1.54, 1.807) is 18.2 Å². The average molecular weight is 276 g/mol. The highest BCUT2D eigenvalue weighted by atomic mass is 16.3. The molecule has 0 spiro atoms. The molecule has 20 heavy (non-hydrogen) atoms. The zero-order chi connectivity index (χ0) is 14.8. The van der Waals surface area contributed by atoms with Gasteiger partial charge in [0.2, 0.25) is 0 Å². The van der Waals surface area contributed by atoms with Gasteiger partial charge in [0.05, 0.1) is 12.1 Å². The molecule has 1 aliphatic rings. The number of benzene rings is 1. The van der Waals surface area contributed by atoms with Crippen molar-refractivity contribution in [2.24, 2.45) is 5.92 Å². The molecular weight excluding hydrogens is 252 g/mol. The van der Waals surface area contributed by atoms with E-state index in [4.69, 9.17) is 5.73 Å². The first-order valence-electron chi connectivity index (χ1n) is 7.26. The van der Waals surface area contributed by atoms with Crippen LogP contribution in [0.15, 0.2) is 18.2 Å². The molecule has 0 bridgehead atoms. The van der Waals surface area contributed by atoms with Crippen molar-refractivity contribution < 1.29 is 9.90 Å². The van der Waals surface area contributed by atoms with Crippen molar-refractivity contribution in [2.45, 2.75) is 45.1 Å². The highest BCUT2D eigenvalue weighted by Crippen LogP contribution is 2.32. The highest BCUT2D eigenvalue weighted by molar-refractivity contribution is 5.97. The van der Waals surface area contributed by atoms with Gasteiger partial charge < -0.3 is 16.2 Å². The zero-order valence-electron chi connectivity index (χ0n) is 12.3. The Morgan fingerprint density at radius 1 is 1.55 bits per heavy atom. The van der Waals surface area contributed by atoms with E-state index in [0.29, 0.717) is 17.2 Å². The van der Waals surface area contributed by atoms with Crippen LogP contribution in [0.5, 0.6) is 0 Å². The number of anilines is 1. The predicted octanol–water partition coefficient (Wildman–Crippen LogP) is 2.25. The van der Waals surface area contributed by atoms with E-state index < -0.39 is 5.54 Å². The van der Waals surface area contributed by atoms with E-state index >= 15 is 0 Å². The van der Waals surface area contributed by atoms with Crippen molar-refractivity contribution in [3.05, 3.63) is 29.3 Å². The number of nitrogen functional groups attached to an aromatic ring is 1.